The SMILES string of the molecule is CN([C@@H]1C[C@H]2CC[C@@H](C1)N2)[SH]1C(c2ncc(Br)cc2O)=Nc2scnc21. The molecule has 6 nitrogen and oxygen atoms in total. The lowest BCUT2D eigenvalue weighted by atomic mass is 10.0. The van der Waals surface area contributed by atoms with E-state index in [0.717, 1.165) is 19.5 Å². The van der Waals surface area contributed by atoms with E-state index in [9.17, 15) is 5.11 Å². The van der Waals surface area contributed by atoms with E-state index in [-0.39, 0.29) is 5.75 Å². The van der Waals surface area contributed by atoms with Crippen LogP contribution in [0.2, 0.25) is 0 Å². The smallest absolute Gasteiger partial charge is 0.151 e. The Labute approximate surface area is 167 Å². The maximum atomic E-state index is 10.5. The summed E-state index contributed by atoms with van der Waals surface area (Å²) in [6, 6.07) is 3.46. The molecule has 4 atom stereocenters. The first-order valence-electron chi connectivity index (χ1n) is 8.76. The molecule has 2 N–H and O–H groups in total. The first-order valence-corrected chi connectivity index (χ1v) is 11.7. The van der Waals surface area contributed by atoms with E-state index in [1.807, 2.05) is 5.51 Å². The summed E-state index contributed by atoms with van der Waals surface area (Å²) in [5.74, 6) is 0.166. The van der Waals surface area contributed by atoms with Crippen LogP contribution >= 0.6 is 38.3 Å². The minimum atomic E-state index is -0.867. The minimum Gasteiger partial charge on any atom is -0.506 e. The number of piperidine rings is 1. The molecule has 3 aliphatic rings. The molecule has 0 radical (unpaired) electrons. The van der Waals surface area contributed by atoms with E-state index in [4.69, 9.17) is 4.99 Å². The number of nitrogens with zero attached hydrogens (tertiary/aromatic N) is 4. The Morgan fingerprint density at radius 1 is 1.31 bits per heavy atom. The highest BCUT2D eigenvalue weighted by molar-refractivity contribution is 9.10. The molecule has 9 heteroatoms. The zero-order valence-electron chi connectivity index (χ0n) is 14.3. The van der Waals surface area contributed by atoms with E-state index in [2.05, 4.69) is 42.6 Å². The lowest BCUT2D eigenvalue weighted by Crippen LogP contribution is -2.46. The molecule has 3 aliphatic heterocycles. The topological polar surface area (TPSA) is 73.6 Å². The maximum Gasteiger partial charge on any atom is 0.151 e. The third-order valence-corrected chi connectivity index (χ3v) is 9.18. The summed E-state index contributed by atoms with van der Waals surface area (Å²) >= 11 is 4.06. The fourth-order valence-corrected chi connectivity index (χ4v) is 7.97. The fourth-order valence-electron chi connectivity index (χ4n) is 4.25. The third-order valence-electron chi connectivity index (χ3n) is 5.48. The van der Waals surface area contributed by atoms with Crippen molar-refractivity contribution in [1.29, 1.82) is 0 Å². The molecule has 0 aliphatic carbocycles. The van der Waals surface area contributed by atoms with Crippen molar-refractivity contribution >= 4 is 48.4 Å². The van der Waals surface area contributed by atoms with Gasteiger partial charge in [-0.2, -0.15) is 0 Å². The van der Waals surface area contributed by atoms with Gasteiger partial charge in [0.25, 0.3) is 0 Å². The summed E-state index contributed by atoms with van der Waals surface area (Å²) < 4.78 is 3.23. The summed E-state index contributed by atoms with van der Waals surface area (Å²) in [4.78, 5) is 13.9. The number of halogens is 1. The average Bonchev–Trinajstić information content (AvgIpc) is 3.28. The van der Waals surface area contributed by atoms with Crippen LogP contribution in [0.1, 0.15) is 31.4 Å². The van der Waals surface area contributed by atoms with Gasteiger partial charge in [-0.25, -0.2) is 15.0 Å². The van der Waals surface area contributed by atoms with Crippen molar-refractivity contribution in [2.45, 2.75) is 48.8 Å². The van der Waals surface area contributed by atoms with Crippen LogP contribution in [-0.4, -0.2) is 49.6 Å². The molecule has 1 unspecified atom stereocenters. The van der Waals surface area contributed by atoms with Crippen molar-refractivity contribution in [3.63, 3.8) is 0 Å². The van der Waals surface area contributed by atoms with Gasteiger partial charge in [-0.3, -0.25) is 4.31 Å². The van der Waals surface area contributed by atoms with Gasteiger partial charge in [0.1, 0.15) is 21.5 Å². The molecule has 138 valence electrons. The van der Waals surface area contributed by atoms with Gasteiger partial charge in [-0.1, -0.05) is 0 Å². The van der Waals surface area contributed by atoms with Crippen LogP contribution in [0.5, 0.6) is 5.75 Å². The van der Waals surface area contributed by atoms with E-state index < -0.39 is 11.1 Å². The number of aromatic nitrogens is 2. The van der Waals surface area contributed by atoms with Gasteiger partial charge in [0.15, 0.2) is 5.00 Å². The zero-order valence-corrected chi connectivity index (χ0v) is 17.6. The Morgan fingerprint density at radius 2 is 2.08 bits per heavy atom. The number of pyridine rings is 1. The van der Waals surface area contributed by atoms with Crippen LogP contribution in [0, 0.1) is 0 Å². The highest BCUT2D eigenvalue weighted by Crippen LogP contribution is 2.56. The van der Waals surface area contributed by atoms with E-state index >= 15 is 0 Å². The minimum absolute atomic E-state index is 0.166. The lowest BCUT2D eigenvalue weighted by molar-refractivity contribution is 0.264. The quantitative estimate of drug-likeness (QED) is 0.619. The van der Waals surface area contributed by atoms with Crippen LogP contribution in [0.3, 0.4) is 0 Å². The molecule has 2 fully saturated rings. The number of hydrogen-bond acceptors (Lipinski definition) is 7. The monoisotopic (exact) mass is 453 g/mol. The van der Waals surface area contributed by atoms with Crippen LogP contribution in [0.4, 0.5) is 5.00 Å². The Hall–Kier alpha value is -1.00. The summed E-state index contributed by atoms with van der Waals surface area (Å²) in [5.41, 5.74) is 2.45. The summed E-state index contributed by atoms with van der Waals surface area (Å²) in [5, 5.41) is 17.1. The van der Waals surface area contributed by atoms with E-state index in [0.29, 0.717) is 23.8 Å². The van der Waals surface area contributed by atoms with Crippen molar-refractivity contribution in [2.75, 3.05) is 7.05 Å². The van der Waals surface area contributed by atoms with Gasteiger partial charge in [0.05, 0.1) is 5.51 Å². The molecule has 0 amide bonds. The Morgan fingerprint density at radius 3 is 2.81 bits per heavy atom. The molecule has 2 aromatic rings. The molecule has 5 rings (SSSR count). The molecule has 2 saturated heterocycles. The Balaban J connectivity index is 1.51. The van der Waals surface area contributed by atoms with Crippen molar-refractivity contribution in [3.8, 4) is 5.75 Å². The number of fused-ring (bicyclic) bond motifs is 3. The summed E-state index contributed by atoms with van der Waals surface area (Å²) in [7, 11) is 2.20. The predicted molar refractivity (Wildman–Crippen MR) is 110 cm³/mol. The van der Waals surface area contributed by atoms with Gasteiger partial charge in [0, 0.05) is 28.8 Å². The molecule has 5 heterocycles. The van der Waals surface area contributed by atoms with E-state index in [1.54, 1.807) is 23.6 Å². The third kappa shape index (κ3) is 2.80. The highest BCUT2D eigenvalue weighted by Gasteiger charge is 2.40. The lowest BCUT2D eigenvalue weighted by Gasteiger charge is -2.40. The summed E-state index contributed by atoms with van der Waals surface area (Å²) in [6.07, 6.45) is 6.61. The number of thiazole rings is 1. The molecule has 2 bridgehead atoms. The number of rotatable bonds is 3. The van der Waals surface area contributed by atoms with Crippen molar-refractivity contribution in [1.82, 2.24) is 19.6 Å². The number of aliphatic imine (C=N–C) groups is 1. The normalized spacial score (nSPS) is 31.3. The highest BCUT2D eigenvalue weighted by atomic mass is 79.9. The molecule has 0 saturated carbocycles. The molecule has 0 aromatic carbocycles. The van der Waals surface area contributed by atoms with Crippen LogP contribution in [-0.2, 0) is 0 Å². The second kappa shape index (κ2) is 6.56. The van der Waals surface area contributed by atoms with E-state index in [1.165, 1.54) is 25.7 Å². The van der Waals surface area contributed by atoms with Crippen molar-refractivity contribution < 1.29 is 5.11 Å². The van der Waals surface area contributed by atoms with Gasteiger partial charge in [-0.15, -0.1) is 22.4 Å². The fraction of sp³-hybridized carbons (Fsp3) is 0.471. The molecule has 26 heavy (non-hydrogen) atoms. The number of aromatic hydroxyl groups is 1. The number of hydrogen-bond donors (Lipinski definition) is 3. The molecule has 0 spiro atoms. The van der Waals surface area contributed by atoms with Crippen molar-refractivity contribution in [2.24, 2.45) is 4.99 Å². The van der Waals surface area contributed by atoms with Crippen LogP contribution in [0.15, 0.2) is 32.3 Å². The first kappa shape index (κ1) is 17.1. The Kier molecular flexibility index (Phi) is 4.32. The molecular weight excluding hydrogens is 434 g/mol. The average molecular weight is 454 g/mol. The van der Waals surface area contributed by atoms with Crippen LogP contribution in [0.25, 0.3) is 0 Å². The van der Waals surface area contributed by atoms with Crippen molar-refractivity contribution in [3.05, 3.63) is 27.9 Å². The second-order valence-corrected chi connectivity index (χ2v) is 10.9. The van der Waals surface area contributed by atoms with Gasteiger partial charge < -0.3 is 10.4 Å². The largest absolute Gasteiger partial charge is 0.506 e. The number of thiol groups is 1. The van der Waals surface area contributed by atoms with Gasteiger partial charge in [-0.05, 0) is 54.7 Å². The second-order valence-electron chi connectivity index (χ2n) is 7.09. The van der Waals surface area contributed by atoms with Gasteiger partial charge in [0.2, 0.25) is 0 Å². The summed E-state index contributed by atoms with van der Waals surface area (Å²) in [6.45, 7) is 0. The number of nitrogens with one attached hydrogen (secondary N) is 1. The first-order chi connectivity index (χ1) is 12.6. The molecule has 2 aromatic heterocycles. The van der Waals surface area contributed by atoms with Gasteiger partial charge >= 0.3 is 0 Å². The zero-order chi connectivity index (χ0) is 17.8. The van der Waals surface area contributed by atoms with Crippen LogP contribution < -0.4 is 5.32 Å². The predicted octanol–water partition coefficient (Wildman–Crippen LogP) is 3.59. The maximum absolute atomic E-state index is 10.5. The standard InChI is InChI=1S/C17H20BrN5OS2/c1-23(12-5-10-2-3-11(6-12)21-10)26-16(22-15-17(26)20-8-25-15)14-13(24)4-9(18)7-19-14/h4,7-8,10-12,21,24,26H,2-3,5-6H2,1H3/t10-,11+,12-. The Bertz CT molecular complexity index is 876. The molecular formula is C17H20BrN5OS2.